The standard InChI is InChI=1S/C32H34N2O9S/c1-20(35)33-25-7-9-28(10-8-25)44(37,38)34-18-23(11-21-13-26(39-2)17-27(14-21)40-3)31(36)24(19-34)12-22-15-29(41-4)32(43-6)30(16-22)42-5/h7-17H,18-19H2,1-6H3,(H,33,35)/b23-11+,24-12+. The molecular formula is C32H34N2O9S. The first kappa shape index (κ1) is 32.1. The van der Waals surface area contributed by atoms with Crippen LogP contribution in [0.2, 0.25) is 0 Å². The summed E-state index contributed by atoms with van der Waals surface area (Å²) in [6, 6.07) is 14.3. The molecule has 1 fully saturated rings. The second kappa shape index (κ2) is 13.7. The summed E-state index contributed by atoms with van der Waals surface area (Å²) in [4.78, 5) is 25.3. The van der Waals surface area contributed by atoms with Gasteiger partial charge in [-0.15, -0.1) is 0 Å². The summed E-state index contributed by atoms with van der Waals surface area (Å²) in [5.41, 5.74) is 2.06. The molecule has 11 nitrogen and oxygen atoms in total. The van der Waals surface area contributed by atoms with Crippen molar-refractivity contribution in [3.63, 3.8) is 0 Å². The van der Waals surface area contributed by atoms with Gasteiger partial charge in [0.15, 0.2) is 17.3 Å². The largest absolute Gasteiger partial charge is 0.497 e. The van der Waals surface area contributed by atoms with Crippen molar-refractivity contribution >= 4 is 39.6 Å². The quantitative estimate of drug-likeness (QED) is 0.327. The van der Waals surface area contributed by atoms with E-state index < -0.39 is 10.0 Å². The third-order valence-electron chi connectivity index (χ3n) is 6.83. The second-order valence-corrected chi connectivity index (χ2v) is 11.7. The van der Waals surface area contributed by atoms with Crippen LogP contribution in [0.25, 0.3) is 12.2 Å². The molecule has 1 aliphatic rings. The molecule has 232 valence electrons. The van der Waals surface area contributed by atoms with Crippen molar-refractivity contribution in [2.24, 2.45) is 0 Å². The van der Waals surface area contributed by atoms with Crippen molar-refractivity contribution in [1.82, 2.24) is 4.31 Å². The fourth-order valence-electron chi connectivity index (χ4n) is 4.74. The number of amides is 1. The van der Waals surface area contributed by atoms with Crippen LogP contribution >= 0.6 is 0 Å². The molecule has 1 amide bonds. The zero-order chi connectivity index (χ0) is 32.0. The topological polar surface area (TPSA) is 130 Å². The van der Waals surface area contributed by atoms with Gasteiger partial charge in [-0.1, -0.05) is 0 Å². The lowest BCUT2D eigenvalue weighted by Crippen LogP contribution is -2.41. The number of ketones is 1. The maximum Gasteiger partial charge on any atom is 0.243 e. The van der Waals surface area contributed by atoms with Gasteiger partial charge >= 0.3 is 0 Å². The molecule has 0 radical (unpaired) electrons. The van der Waals surface area contributed by atoms with Crippen molar-refractivity contribution < 1.29 is 41.7 Å². The van der Waals surface area contributed by atoms with Crippen LogP contribution < -0.4 is 29.0 Å². The number of sulfonamides is 1. The number of nitrogens with one attached hydrogen (secondary N) is 1. The Bertz CT molecular complexity index is 1680. The predicted octanol–water partition coefficient (Wildman–Crippen LogP) is 4.43. The van der Waals surface area contributed by atoms with Crippen LogP contribution in [0, 0.1) is 0 Å². The molecular weight excluding hydrogens is 588 g/mol. The summed E-state index contributed by atoms with van der Waals surface area (Å²) in [6.07, 6.45) is 3.23. The summed E-state index contributed by atoms with van der Waals surface area (Å²) < 4.78 is 56.1. The van der Waals surface area contributed by atoms with Gasteiger partial charge in [-0.3, -0.25) is 9.59 Å². The van der Waals surface area contributed by atoms with E-state index in [0.717, 1.165) is 0 Å². The molecule has 0 atom stereocenters. The highest BCUT2D eigenvalue weighted by Gasteiger charge is 2.34. The Labute approximate surface area is 256 Å². The number of nitrogens with zero attached hydrogens (tertiary/aromatic N) is 1. The average molecular weight is 623 g/mol. The van der Waals surface area contributed by atoms with Crippen LogP contribution in [0.1, 0.15) is 18.1 Å². The monoisotopic (exact) mass is 622 g/mol. The number of rotatable bonds is 10. The summed E-state index contributed by atoms with van der Waals surface area (Å²) in [7, 11) is 3.40. The van der Waals surface area contributed by atoms with E-state index in [4.69, 9.17) is 23.7 Å². The number of methoxy groups -OCH3 is 5. The normalized spacial score (nSPS) is 15.6. The van der Waals surface area contributed by atoms with Gasteiger partial charge in [-0.2, -0.15) is 4.31 Å². The lowest BCUT2D eigenvalue weighted by atomic mass is 9.95. The van der Waals surface area contributed by atoms with E-state index in [1.54, 1.807) is 42.5 Å². The lowest BCUT2D eigenvalue weighted by molar-refractivity contribution is -0.114. The predicted molar refractivity (Wildman–Crippen MR) is 166 cm³/mol. The van der Waals surface area contributed by atoms with Crippen LogP contribution in [0.15, 0.2) is 70.6 Å². The van der Waals surface area contributed by atoms with Gasteiger partial charge in [0.2, 0.25) is 21.7 Å². The van der Waals surface area contributed by atoms with Crippen molar-refractivity contribution in [3.05, 3.63) is 76.9 Å². The number of hydrogen-bond acceptors (Lipinski definition) is 9. The fraction of sp³-hybridized carbons (Fsp3) is 0.250. The van der Waals surface area contributed by atoms with Gasteiger partial charge in [-0.05, 0) is 71.8 Å². The van der Waals surface area contributed by atoms with Gasteiger partial charge in [0.05, 0.1) is 40.4 Å². The third kappa shape index (κ3) is 7.04. The van der Waals surface area contributed by atoms with Crippen LogP contribution in [0.3, 0.4) is 0 Å². The summed E-state index contributed by atoms with van der Waals surface area (Å²) in [5, 5.41) is 2.62. The first-order chi connectivity index (χ1) is 21.0. The van der Waals surface area contributed by atoms with E-state index in [1.165, 1.54) is 71.0 Å². The number of Topliss-reactive ketones (excluding diaryl/α,β-unsaturated/α-hetero) is 1. The Morgan fingerprint density at radius 1 is 0.750 bits per heavy atom. The minimum atomic E-state index is -4.08. The van der Waals surface area contributed by atoms with Crippen LogP contribution in [-0.2, 0) is 19.6 Å². The van der Waals surface area contributed by atoms with Crippen LogP contribution in [0.4, 0.5) is 5.69 Å². The lowest BCUT2D eigenvalue weighted by Gasteiger charge is -2.29. The number of piperidine rings is 1. The molecule has 1 saturated heterocycles. The van der Waals surface area contributed by atoms with Gasteiger partial charge in [0, 0.05) is 42.9 Å². The van der Waals surface area contributed by atoms with Crippen molar-refractivity contribution in [2.45, 2.75) is 11.8 Å². The molecule has 0 spiro atoms. The maximum absolute atomic E-state index is 13.9. The van der Waals surface area contributed by atoms with Gasteiger partial charge in [0.25, 0.3) is 0 Å². The molecule has 1 N–H and O–H groups in total. The Morgan fingerprint density at radius 3 is 1.68 bits per heavy atom. The van der Waals surface area contributed by atoms with E-state index in [-0.39, 0.29) is 40.8 Å². The average Bonchev–Trinajstić information content (AvgIpc) is 3.01. The molecule has 0 aromatic heterocycles. The van der Waals surface area contributed by atoms with Crippen molar-refractivity contribution in [2.75, 3.05) is 54.0 Å². The highest BCUT2D eigenvalue weighted by Crippen LogP contribution is 2.39. The van der Waals surface area contributed by atoms with E-state index in [1.807, 2.05) is 0 Å². The van der Waals surface area contributed by atoms with Crippen molar-refractivity contribution in [1.29, 1.82) is 0 Å². The zero-order valence-electron chi connectivity index (χ0n) is 25.3. The maximum atomic E-state index is 13.9. The molecule has 44 heavy (non-hydrogen) atoms. The second-order valence-electron chi connectivity index (χ2n) is 9.75. The first-order valence-electron chi connectivity index (χ1n) is 13.4. The molecule has 3 aromatic rings. The Morgan fingerprint density at radius 2 is 1.25 bits per heavy atom. The van der Waals surface area contributed by atoms with Gasteiger partial charge in [0.1, 0.15) is 11.5 Å². The Kier molecular flexibility index (Phi) is 9.97. The first-order valence-corrected chi connectivity index (χ1v) is 14.8. The fourth-order valence-corrected chi connectivity index (χ4v) is 6.14. The van der Waals surface area contributed by atoms with Gasteiger partial charge < -0.3 is 29.0 Å². The minimum Gasteiger partial charge on any atom is -0.497 e. The summed E-state index contributed by atoms with van der Waals surface area (Å²) in [6.45, 7) is 0.994. The smallest absolute Gasteiger partial charge is 0.243 e. The number of carbonyl (C=O) groups excluding carboxylic acids is 2. The van der Waals surface area contributed by atoms with Gasteiger partial charge in [-0.25, -0.2) is 8.42 Å². The highest BCUT2D eigenvalue weighted by atomic mass is 32.2. The molecule has 1 aliphatic heterocycles. The summed E-state index contributed by atoms with van der Waals surface area (Å²) >= 11 is 0. The number of anilines is 1. The van der Waals surface area contributed by atoms with Crippen LogP contribution in [-0.4, -0.2) is 73.1 Å². The SMILES string of the molecule is COc1cc(/C=C2\CN(S(=O)(=O)c3ccc(NC(C)=O)cc3)C/C(=C\c3cc(OC)c(OC)c(OC)c3)C2=O)cc(OC)c1. The molecule has 12 heteroatoms. The number of ether oxygens (including phenoxy) is 5. The van der Waals surface area contributed by atoms with Crippen molar-refractivity contribution in [3.8, 4) is 28.7 Å². The minimum absolute atomic E-state index is 0.00971. The van der Waals surface area contributed by atoms with Crippen LogP contribution in [0.5, 0.6) is 28.7 Å². The van der Waals surface area contributed by atoms with E-state index in [2.05, 4.69) is 5.32 Å². The van der Waals surface area contributed by atoms with E-state index >= 15 is 0 Å². The van der Waals surface area contributed by atoms with E-state index in [9.17, 15) is 18.0 Å². The Hall–Kier alpha value is -4.81. The highest BCUT2D eigenvalue weighted by molar-refractivity contribution is 7.89. The Balaban J connectivity index is 1.83. The molecule has 1 heterocycles. The number of hydrogen-bond donors (Lipinski definition) is 1. The number of benzene rings is 3. The number of carbonyl (C=O) groups is 2. The van der Waals surface area contributed by atoms with E-state index in [0.29, 0.717) is 45.6 Å². The zero-order valence-corrected chi connectivity index (χ0v) is 26.1. The molecule has 0 bridgehead atoms. The molecule has 4 rings (SSSR count). The molecule has 3 aromatic carbocycles. The molecule has 0 unspecified atom stereocenters. The third-order valence-corrected chi connectivity index (χ3v) is 8.64. The molecule has 0 saturated carbocycles. The summed E-state index contributed by atoms with van der Waals surface area (Å²) in [5.74, 6) is 1.56. The molecule has 0 aliphatic carbocycles.